The number of hydrogen-bond acceptors (Lipinski definition) is 4. The molecule has 1 heterocycles. The van der Waals surface area contributed by atoms with Crippen molar-refractivity contribution in [3.8, 4) is 0 Å². The van der Waals surface area contributed by atoms with Crippen molar-refractivity contribution in [2.45, 2.75) is 38.0 Å². The number of fused-ring (bicyclic) bond motifs is 1. The van der Waals surface area contributed by atoms with Crippen molar-refractivity contribution >= 4 is 22.7 Å². The molecule has 1 atom stereocenters. The number of hydrazine groups is 1. The largest absolute Gasteiger partial charge is 0.271 e. The number of rotatable bonds is 5. The van der Waals surface area contributed by atoms with Crippen LogP contribution in [0.4, 0.5) is 0 Å². The topological polar surface area (TPSA) is 50.9 Å². The highest BCUT2D eigenvalue weighted by atomic mass is 32.2. The van der Waals surface area contributed by atoms with E-state index in [4.69, 9.17) is 5.84 Å². The lowest BCUT2D eigenvalue weighted by molar-refractivity contribution is 0.574. The molecule has 0 amide bonds. The fraction of sp³-hybridized carbons (Fsp3) is 0.438. The van der Waals surface area contributed by atoms with E-state index in [9.17, 15) is 0 Å². The summed E-state index contributed by atoms with van der Waals surface area (Å²) in [4.78, 5) is 4.40. The maximum atomic E-state index is 5.72. The first-order valence-corrected chi connectivity index (χ1v) is 7.91. The second-order valence-electron chi connectivity index (χ2n) is 5.98. The Bertz CT molecular complexity index is 558. The molecule has 1 unspecified atom stereocenters. The number of aromatic nitrogens is 1. The Morgan fingerprint density at radius 2 is 2.00 bits per heavy atom. The SMILES string of the molecule is CC(C)(C)SCC(Cc1ccnc2ccccc12)NN. The molecule has 0 aliphatic heterocycles. The van der Waals surface area contributed by atoms with E-state index in [1.165, 1.54) is 10.9 Å². The summed E-state index contributed by atoms with van der Waals surface area (Å²) in [5.41, 5.74) is 5.29. The van der Waals surface area contributed by atoms with Crippen LogP contribution in [0.25, 0.3) is 10.9 Å². The zero-order valence-corrected chi connectivity index (χ0v) is 13.2. The highest BCUT2D eigenvalue weighted by Crippen LogP contribution is 2.25. The summed E-state index contributed by atoms with van der Waals surface area (Å²) in [6, 6.07) is 10.6. The molecule has 3 N–H and O–H groups in total. The van der Waals surface area contributed by atoms with Crippen LogP contribution in [0.1, 0.15) is 26.3 Å². The summed E-state index contributed by atoms with van der Waals surface area (Å²) >= 11 is 1.93. The van der Waals surface area contributed by atoms with Crippen molar-refractivity contribution in [2.24, 2.45) is 5.84 Å². The zero-order chi connectivity index (χ0) is 14.6. The minimum Gasteiger partial charge on any atom is -0.271 e. The Hall–Kier alpha value is -1.10. The molecule has 4 heteroatoms. The molecular formula is C16H23N3S. The molecule has 0 bridgehead atoms. The Morgan fingerprint density at radius 1 is 1.25 bits per heavy atom. The number of hydrogen-bond donors (Lipinski definition) is 2. The van der Waals surface area contributed by atoms with Gasteiger partial charge < -0.3 is 0 Å². The lowest BCUT2D eigenvalue weighted by atomic mass is 10.0. The molecular weight excluding hydrogens is 266 g/mol. The van der Waals surface area contributed by atoms with Crippen molar-refractivity contribution in [1.29, 1.82) is 0 Å². The molecule has 20 heavy (non-hydrogen) atoms. The van der Waals surface area contributed by atoms with Gasteiger partial charge in [0.25, 0.3) is 0 Å². The molecule has 2 rings (SSSR count). The van der Waals surface area contributed by atoms with Crippen molar-refractivity contribution in [1.82, 2.24) is 10.4 Å². The van der Waals surface area contributed by atoms with E-state index in [1.807, 2.05) is 30.1 Å². The van der Waals surface area contributed by atoms with Gasteiger partial charge in [-0.05, 0) is 24.1 Å². The minimum absolute atomic E-state index is 0.259. The summed E-state index contributed by atoms with van der Waals surface area (Å²) in [5.74, 6) is 6.71. The van der Waals surface area contributed by atoms with Crippen LogP contribution < -0.4 is 11.3 Å². The molecule has 1 aromatic heterocycles. The summed E-state index contributed by atoms with van der Waals surface area (Å²) in [6.45, 7) is 6.69. The number of nitrogens with zero attached hydrogens (tertiary/aromatic N) is 1. The van der Waals surface area contributed by atoms with Crippen molar-refractivity contribution in [2.75, 3.05) is 5.75 Å². The molecule has 3 nitrogen and oxygen atoms in total. The van der Waals surface area contributed by atoms with Gasteiger partial charge in [0.05, 0.1) is 5.52 Å². The third kappa shape index (κ3) is 4.20. The highest BCUT2D eigenvalue weighted by molar-refractivity contribution is 8.00. The summed E-state index contributed by atoms with van der Waals surface area (Å²) in [7, 11) is 0. The number of nitrogens with two attached hydrogens (primary N) is 1. The monoisotopic (exact) mass is 289 g/mol. The molecule has 0 aliphatic rings. The van der Waals surface area contributed by atoms with Gasteiger partial charge in [0, 0.05) is 28.1 Å². The van der Waals surface area contributed by atoms with Gasteiger partial charge >= 0.3 is 0 Å². The Morgan fingerprint density at radius 3 is 2.70 bits per heavy atom. The smallest absolute Gasteiger partial charge is 0.0704 e. The van der Waals surface area contributed by atoms with E-state index in [0.29, 0.717) is 0 Å². The average Bonchev–Trinajstić information content (AvgIpc) is 2.42. The van der Waals surface area contributed by atoms with Crippen molar-refractivity contribution < 1.29 is 0 Å². The second kappa shape index (κ2) is 6.57. The fourth-order valence-corrected chi connectivity index (χ4v) is 3.03. The van der Waals surface area contributed by atoms with Crippen LogP contribution in [0, 0.1) is 0 Å². The minimum atomic E-state index is 0.259. The van der Waals surface area contributed by atoms with E-state index in [1.54, 1.807) is 0 Å². The molecule has 108 valence electrons. The molecule has 0 radical (unpaired) electrons. The van der Waals surface area contributed by atoms with Crippen LogP contribution >= 0.6 is 11.8 Å². The first-order valence-electron chi connectivity index (χ1n) is 6.92. The van der Waals surface area contributed by atoms with Gasteiger partial charge in [-0.25, -0.2) is 0 Å². The molecule has 0 spiro atoms. The molecule has 0 saturated carbocycles. The number of pyridine rings is 1. The van der Waals surface area contributed by atoms with Gasteiger partial charge in [0.1, 0.15) is 0 Å². The van der Waals surface area contributed by atoms with Crippen LogP contribution in [0.2, 0.25) is 0 Å². The molecule has 0 fully saturated rings. The van der Waals surface area contributed by atoms with Crippen LogP contribution in [0.5, 0.6) is 0 Å². The Kier molecular flexibility index (Phi) is 5.02. The van der Waals surface area contributed by atoms with Gasteiger partial charge in [0.2, 0.25) is 0 Å². The van der Waals surface area contributed by atoms with E-state index in [0.717, 1.165) is 17.7 Å². The third-order valence-electron chi connectivity index (χ3n) is 3.16. The number of para-hydroxylation sites is 1. The third-order valence-corrected chi connectivity index (χ3v) is 4.59. The van der Waals surface area contributed by atoms with Crippen LogP contribution in [0.3, 0.4) is 0 Å². The summed E-state index contributed by atoms with van der Waals surface area (Å²) in [5, 5.41) is 1.22. The highest BCUT2D eigenvalue weighted by Gasteiger charge is 2.16. The van der Waals surface area contributed by atoms with Crippen LogP contribution in [-0.4, -0.2) is 21.5 Å². The Labute approximate surface area is 125 Å². The molecule has 0 saturated heterocycles. The zero-order valence-electron chi connectivity index (χ0n) is 12.4. The van der Waals surface area contributed by atoms with E-state index in [-0.39, 0.29) is 10.8 Å². The van der Waals surface area contributed by atoms with Crippen LogP contribution in [0.15, 0.2) is 36.5 Å². The Balaban J connectivity index is 2.13. The first-order chi connectivity index (χ1) is 9.49. The fourth-order valence-electron chi connectivity index (χ4n) is 2.12. The van der Waals surface area contributed by atoms with Gasteiger partial charge in [-0.3, -0.25) is 16.3 Å². The van der Waals surface area contributed by atoms with E-state index >= 15 is 0 Å². The summed E-state index contributed by atoms with van der Waals surface area (Å²) in [6.07, 6.45) is 2.80. The lowest BCUT2D eigenvalue weighted by Gasteiger charge is -2.23. The second-order valence-corrected chi connectivity index (χ2v) is 7.83. The van der Waals surface area contributed by atoms with Gasteiger partial charge in [-0.1, -0.05) is 39.0 Å². The van der Waals surface area contributed by atoms with E-state index < -0.39 is 0 Å². The maximum absolute atomic E-state index is 5.72. The lowest BCUT2D eigenvalue weighted by Crippen LogP contribution is -2.39. The quantitative estimate of drug-likeness (QED) is 0.656. The number of thioether (sulfide) groups is 1. The number of benzene rings is 1. The van der Waals surface area contributed by atoms with Crippen LogP contribution in [-0.2, 0) is 6.42 Å². The van der Waals surface area contributed by atoms with Crippen molar-refractivity contribution in [3.63, 3.8) is 0 Å². The van der Waals surface area contributed by atoms with E-state index in [2.05, 4.69) is 49.4 Å². The predicted molar refractivity (Wildman–Crippen MR) is 88.8 cm³/mol. The van der Waals surface area contributed by atoms with Crippen molar-refractivity contribution in [3.05, 3.63) is 42.1 Å². The predicted octanol–water partition coefficient (Wildman–Crippen LogP) is 3.14. The average molecular weight is 289 g/mol. The molecule has 1 aromatic carbocycles. The summed E-state index contributed by atoms with van der Waals surface area (Å²) < 4.78 is 0.259. The maximum Gasteiger partial charge on any atom is 0.0704 e. The van der Waals surface area contributed by atoms with Gasteiger partial charge in [-0.15, -0.1) is 0 Å². The van der Waals surface area contributed by atoms with Gasteiger partial charge in [0.15, 0.2) is 0 Å². The molecule has 2 aromatic rings. The normalized spacial score (nSPS) is 13.6. The number of nitrogens with one attached hydrogen (secondary N) is 1. The first kappa shape index (κ1) is 15.3. The standard InChI is InChI=1S/C16H23N3S/c1-16(2,3)20-11-13(19-17)10-12-8-9-18-15-7-5-4-6-14(12)15/h4-9,13,19H,10-11,17H2,1-3H3. The van der Waals surface area contributed by atoms with Gasteiger partial charge in [-0.2, -0.15) is 11.8 Å². The molecule has 0 aliphatic carbocycles.